The third-order valence-electron chi connectivity index (χ3n) is 3.46. The summed E-state index contributed by atoms with van der Waals surface area (Å²) < 4.78 is 66.5. The number of phosphoric acid groups is 3. The van der Waals surface area contributed by atoms with Crippen LogP contribution in [0.25, 0.3) is 0 Å². The average Bonchev–Trinajstić information content (AvgIpc) is 2.83. The van der Waals surface area contributed by atoms with Gasteiger partial charge in [-0.2, -0.15) is 18.4 Å². The second-order valence-corrected chi connectivity index (χ2v) is 10.2. The number of aliphatic hydroxyl groups is 1. The molecule has 3 unspecified atom stereocenters. The van der Waals surface area contributed by atoms with Crippen LogP contribution in [0.2, 0.25) is 0 Å². The molecule has 0 bridgehead atoms. The van der Waals surface area contributed by atoms with E-state index in [4.69, 9.17) is 23.0 Å². The van der Waals surface area contributed by atoms with Gasteiger partial charge < -0.3 is 35.2 Å². The molecule has 0 aliphatic carbocycles. The van der Waals surface area contributed by atoms with Gasteiger partial charge in [0, 0.05) is 0 Å². The summed E-state index contributed by atoms with van der Waals surface area (Å²) >= 11 is 0. The lowest BCUT2D eigenvalue weighted by molar-refractivity contribution is -0.0520. The molecule has 21 heteroatoms. The van der Waals surface area contributed by atoms with Gasteiger partial charge in [0.25, 0.3) is 5.56 Å². The Hall–Kier alpha value is -1.54. The highest BCUT2D eigenvalue weighted by Gasteiger charge is 2.56. The van der Waals surface area contributed by atoms with E-state index in [0.717, 1.165) is 0 Å². The zero-order valence-electron chi connectivity index (χ0n) is 17.5. The van der Waals surface area contributed by atoms with E-state index in [-0.39, 0.29) is 0 Å². The first kappa shape index (κ1) is 23.6. The number of aliphatic hydroxyl groups excluding tert-OH is 1. The molecular formula is C11H17N4O14P3. The van der Waals surface area contributed by atoms with E-state index in [2.05, 4.69) is 30.1 Å². The molecule has 1 aliphatic heterocycles. The second kappa shape index (κ2) is 9.37. The Morgan fingerprint density at radius 2 is 1.94 bits per heavy atom. The number of hydrogen-bond acceptors (Lipinski definition) is 12. The van der Waals surface area contributed by atoms with Crippen LogP contribution in [0.3, 0.4) is 0 Å². The molecule has 0 radical (unpaired) electrons. The first-order chi connectivity index (χ1) is 15.2. The van der Waals surface area contributed by atoms with Crippen LogP contribution >= 0.6 is 23.5 Å². The zero-order valence-corrected chi connectivity index (χ0v) is 18.2. The lowest BCUT2D eigenvalue weighted by Crippen LogP contribution is -2.55. The fourth-order valence-electron chi connectivity index (χ4n) is 2.37. The minimum absolute atomic E-state index is 0.385. The van der Waals surface area contributed by atoms with Gasteiger partial charge in [-0.05, 0) is 6.92 Å². The van der Waals surface area contributed by atoms with Crippen LogP contribution in [-0.2, 0) is 31.6 Å². The van der Waals surface area contributed by atoms with Crippen LogP contribution in [-0.4, -0.2) is 63.8 Å². The van der Waals surface area contributed by atoms with Gasteiger partial charge >= 0.3 is 29.2 Å². The number of H-pyrrole nitrogens is 1. The van der Waals surface area contributed by atoms with Crippen LogP contribution in [0.4, 0.5) is 0 Å². The summed E-state index contributed by atoms with van der Waals surface area (Å²) in [7, 11) is -17.7. The van der Waals surface area contributed by atoms with E-state index < -0.39 is 65.3 Å². The minimum atomic E-state index is -6.02. The topological polar surface area (TPSA) is 283 Å². The predicted molar refractivity (Wildman–Crippen MR) is 99.2 cm³/mol. The normalized spacial score (nSPS) is 30.9. The monoisotopic (exact) mass is 524 g/mol. The molecular weight excluding hydrogens is 505 g/mol. The molecule has 0 amide bonds. The van der Waals surface area contributed by atoms with Crippen LogP contribution in [0.5, 0.6) is 0 Å². The van der Waals surface area contributed by atoms with E-state index >= 15 is 0 Å². The summed E-state index contributed by atoms with van der Waals surface area (Å²) in [5.41, 5.74) is 1.53. The SMILES string of the molecule is [2H]C([2H])(OP(=O)(O)OP(=O)(O)OP(=O)(O)O)[C@H]1O[C@@H](n2ncc(=O)[nH]c2=O)C(N)(C#CC)[C@H]1O. The molecule has 6 atom stereocenters. The number of nitrogens with one attached hydrogen (secondary N) is 1. The number of nitrogens with two attached hydrogens (primary N) is 1. The number of hydrogen-bond donors (Lipinski definition) is 7. The summed E-state index contributed by atoms with van der Waals surface area (Å²) in [4.78, 5) is 61.0. The quantitative estimate of drug-likeness (QED) is 0.134. The molecule has 32 heavy (non-hydrogen) atoms. The summed E-state index contributed by atoms with van der Waals surface area (Å²) in [6.45, 7) is -2.37. The standard InChI is InChI=1S/C11H17N4O14P3/c1-2-3-11(12)8(17)6(27-9(11)15-10(18)14-7(16)4-13-15)5-26-31(22,23)29-32(24,25)28-30(19,20)21/h4,6,8-9,17H,5,12H2,1H3,(H,22,23)(H,24,25)(H,14,16,18)(H2,19,20,21)/t6-,8+,9-,11?/m1/s1/i5D2. The highest BCUT2D eigenvalue weighted by Crippen LogP contribution is 2.66. The number of phosphoric ester groups is 1. The third-order valence-corrected chi connectivity index (χ3v) is 7.13. The highest BCUT2D eigenvalue weighted by atomic mass is 31.3. The minimum Gasteiger partial charge on any atom is -0.387 e. The lowest BCUT2D eigenvalue weighted by Gasteiger charge is -2.26. The van der Waals surface area contributed by atoms with Gasteiger partial charge in [-0.3, -0.25) is 14.3 Å². The van der Waals surface area contributed by atoms with Gasteiger partial charge in [-0.25, -0.2) is 18.5 Å². The van der Waals surface area contributed by atoms with Crippen molar-refractivity contribution in [3.63, 3.8) is 0 Å². The van der Waals surface area contributed by atoms with Crippen molar-refractivity contribution in [3.8, 4) is 11.8 Å². The third kappa shape index (κ3) is 6.50. The summed E-state index contributed by atoms with van der Waals surface area (Å²) in [6.07, 6.45) is -5.91. The fourth-order valence-corrected chi connectivity index (χ4v) is 5.25. The first-order valence-corrected chi connectivity index (χ1v) is 12.3. The molecule has 1 fully saturated rings. The van der Waals surface area contributed by atoms with Gasteiger partial charge in [-0.15, -0.1) is 5.92 Å². The van der Waals surface area contributed by atoms with E-state index in [9.17, 15) is 38.2 Å². The van der Waals surface area contributed by atoms with Crippen molar-refractivity contribution in [2.24, 2.45) is 5.73 Å². The second-order valence-electron chi connectivity index (χ2n) is 5.85. The maximum absolute atomic E-state index is 12.1. The zero-order chi connectivity index (χ0) is 26.3. The molecule has 2 heterocycles. The maximum atomic E-state index is 12.1. The van der Waals surface area contributed by atoms with Gasteiger partial charge in [0.2, 0.25) is 0 Å². The van der Waals surface area contributed by atoms with Crippen molar-refractivity contribution < 1.29 is 59.0 Å². The van der Waals surface area contributed by atoms with Gasteiger partial charge in [0.15, 0.2) is 11.8 Å². The Morgan fingerprint density at radius 3 is 2.47 bits per heavy atom. The summed E-state index contributed by atoms with van der Waals surface area (Å²) in [5, 5.41) is 14.1. The molecule has 18 nitrogen and oxygen atoms in total. The predicted octanol–water partition coefficient (Wildman–Crippen LogP) is -2.75. The van der Waals surface area contributed by atoms with Crippen molar-refractivity contribution in [1.82, 2.24) is 14.8 Å². The van der Waals surface area contributed by atoms with Gasteiger partial charge in [0.1, 0.15) is 18.4 Å². The Morgan fingerprint density at radius 1 is 1.31 bits per heavy atom. The molecule has 0 spiro atoms. The van der Waals surface area contributed by atoms with E-state index in [0.29, 0.717) is 10.9 Å². The lowest BCUT2D eigenvalue weighted by atomic mass is 9.92. The molecule has 0 aromatic carbocycles. The smallest absolute Gasteiger partial charge is 0.387 e. The summed E-state index contributed by atoms with van der Waals surface area (Å²) in [6, 6.07) is 0. The fraction of sp³-hybridized carbons (Fsp3) is 0.545. The molecule has 1 aromatic heterocycles. The molecule has 2 rings (SSSR count). The number of aromatic nitrogens is 3. The maximum Gasteiger partial charge on any atom is 0.490 e. The van der Waals surface area contributed by atoms with Crippen LogP contribution in [0.1, 0.15) is 15.9 Å². The van der Waals surface area contributed by atoms with Crippen LogP contribution in [0, 0.1) is 11.8 Å². The molecule has 1 saturated heterocycles. The van der Waals surface area contributed by atoms with Crippen LogP contribution < -0.4 is 17.0 Å². The Bertz CT molecular complexity index is 1270. The van der Waals surface area contributed by atoms with Crippen molar-refractivity contribution in [1.29, 1.82) is 0 Å². The molecule has 8 N–H and O–H groups in total. The van der Waals surface area contributed by atoms with Gasteiger partial charge in [0.05, 0.1) is 9.30 Å². The molecule has 180 valence electrons. The Labute approximate surface area is 180 Å². The molecule has 1 aromatic rings. The average molecular weight is 524 g/mol. The largest absolute Gasteiger partial charge is 0.490 e. The molecule has 0 saturated carbocycles. The first-order valence-electron chi connectivity index (χ1n) is 8.82. The Kier molecular flexibility index (Phi) is 6.92. The van der Waals surface area contributed by atoms with E-state index in [1.165, 1.54) is 6.92 Å². The highest BCUT2D eigenvalue weighted by molar-refractivity contribution is 7.66. The van der Waals surface area contributed by atoms with Crippen molar-refractivity contribution in [2.75, 3.05) is 6.56 Å². The van der Waals surface area contributed by atoms with E-state index in [1.807, 2.05) is 0 Å². The number of rotatable bonds is 8. The number of ether oxygens (including phenoxy) is 1. The summed E-state index contributed by atoms with van der Waals surface area (Å²) in [5.74, 6) is 4.58. The van der Waals surface area contributed by atoms with E-state index in [1.54, 1.807) is 4.98 Å². The molecule has 1 aliphatic rings. The number of aromatic amines is 1. The van der Waals surface area contributed by atoms with Crippen molar-refractivity contribution in [2.45, 2.75) is 30.9 Å². The van der Waals surface area contributed by atoms with Crippen molar-refractivity contribution >= 4 is 23.5 Å². The van der Waals surface area contributed by atoms with Crippen LogP contribution in [0.15, 0.2) is 15.8 Å². The number of nitrogens with zero attached hydrogens (tertiary/aromatic N) is 2. The van der Waals surface area contributed by atoms with Crippen molar-refractivity contribution in [3.05, 3.63) is 27.0 Å². The van der Waals surface area contributed by atoms with Gasteiger partial charge in [-0.1, -0.05) is 5.92 Å². The Balaban J connectivity index is 2.41.